The number of unbranched alkanes of at least 4 members (excludes halogenated alkanes) is 18. The van der Waals surface area contributed by atoms with Crippen LogP contribution < -0.4 is 0 Å². The van der Waals surface area contributed by atoms with Crippen molar-refractivity contribution >= 4 is 17.9 Å². The zero-order valence-corrected chi connectivity index (χ0v) is 35.4. The molecule has 0 saturated heterocycles. The Hall–Kier alpha value is -3.41. The van der Waals surface area contributed by atoms with Crippen molar-refractivity contribution in [1.29, 1.82) is 0 Å². The van der Waals surface area contributed by atoms with Crippen molar-refractivity contribution in [3.63, 3.8) is 0 Å². The van der Waals surface area contributed by atoms with Crippen LogP contribution in [-0.4, -0.2) is 37.2 Å². The van der Waals surface area contributed by atoms with Crippen LogP contribution in [0.4, 0.5) is 0 Å². The maximum absolute atomic E-state index is 12.7. The second kappa shape index (κ2) is 43.3. The lowest BCUT2D eigenvalue weighted by atomic mass is 10.1. The molecule has 0 aromatic rings. The number of hydrogen-bond acceptors (Lipinski definition) is 6. The lowest BCUT2D eigenvalue weighted by Crippen LogP contribution is -2.30. The molecule has 0 saturated carbocycles. The Morgan fingerprint density at radius 3 is 1.13 bits per heavy atom. The van der Waals surface area contributed by atoms with Crippen LogP contribution in [0.2, 0.25) is 0 Å². The van der Waals surface area contributed by atoms with Gasteiger partial charge in [-0.05, 0) is 57.8 Å². The highest BCUT2D eigenvalue weighted by molar-refractivity contribution is 5.71. The van der Waals surface area contributed by atoms with E-state index < -0.39 is 6.10 Å². The summed E-state index contributed by atoms with van der Waals surface area (Å²) in [6.45, 7) is 6.28. The van der Waals surface area contributed by atoms with Gasteiger partial charge in [-0.3, -0.25) is 14.4 Å². The van der Waals surface area contributed by atoms with Gasteiger partial charge in [-0.15, -0.1) is 0 Å². The zero-order valence-electron chi connectivity index (χ0n) is 35.4. The Bertz CT molecular complexity index is 1110. The van der Waals surface area contributed by atoms with Crippen molar-refractivity contribution < 1.29 is 28.6 Å². The summed E-state index contributed by atoms with van der Waals surface area (Å²) in [5.74, 6) is -0.968. The van der Waals surface area contributed by atoms with Crippen molar-refractivity contribution in [3.05, 3.63) is 85.1 Å². The molecule has 0 spiro atoms. The Kier molecular flexibility index (Phi) is 40.6. The Labute approximate surface area is 337 Å². The van der Waals surface area contributed by atoms with Crippen molar-refractivity contribution in [2.45, 2.75) is 194 Å². The van der Waals surface area contributed by atoms with Crippen LogP contribution in [0.1, 0.15) is 188 Å². The van der Waals surface area contributed by atoms with Gasteiger partial charge in [-0.1, -0.05) is 196 Å². The first-order valence-electron chi connectivity index (χ1n) is 22.2. The van der Waals surface area contributed by atoms with Gasteiger partial charge in [0.1, 0.15) is 13.2 Å². The molecule has 0 radical (unpaired) electrons. The molecule has 0 aliphatic carbocycles. The number of carbonyl (C=O) groups excluding carboxylic acids is 3. The highest BCUT2D eigenvalue weighted by Crippen LogP contribution is 2.13. The van der Waals surface area contributed by atoms with E-state index in [1.807, 2.05) is 42.5 Å². The van der Waals surface area contributed by atoms with Crippen LogP contribution in [0.25, 0.3) is 0 Å². The van der Waals surface area contributed by atoms with Crippen LogP contribution in [-0.2, 0) is 28.6 Å². The predicted molar refractivity (Wildman–Crippen MR) is 233 cm³/mol. The largest absolute Gasteiger partial charge is 0.462 e. The highest BCUT2D eigenvalue weighted by Gasteiger charge is 2.19. The van der Waals surface area contributed by atoms with Crippen LogP contribution >= 0.6 is 0 Å². The number of rotatable bonds is 38. The van der Waals surface area contributed by atoms with E-state index in [0.717, 1.165) is 96.3 Å². The first-order valence-corrected chi connectivity index (χ1v) is 22.2. The van der Waals surface area contributed by atoms with Crippen LogP contribution in [0.15, 0.2) is 85.1 Å². The Balaban J connectivity index is 4.50. The standard InChI is InChI=1S/C49H80O6/c1-4-7-10-13-16-19-22-24-27-30-33-36-39-42-48(51)54-45-46(44-53-47(50)41-38-35-32-29-26-21-18-15-12-9-6-3)55-49(52)43-40-37-34-31-28-25-23-20-17-14-11-8-5-2/h7-8,10-11,13-14,16-17,19-20,22-24,27,46H,4-6,9,12,15,18,21,25-26,28-45H2,1-3H3/b10-7-,11-8-,16-13-,17-14-,22-19-,23-20-,27-24-. The van der Waals surface area contributed by atoms with E-state index >= 15 is 0 Å². The minimum absolute atomic E-state index is 0.0977. The third-order valence-corrected chi connectivity index (χ3v) is 9.05. The average molecular weight is 765 g/mol. The third-order valence-electron chi connectivity index (χ3n) is 9.05. The molecule has 0 aliphatic heterocycles. The maximum atomic E-state index is 12.7. The number of ether oxygens (including phenoxy) is 3. The summed E-state index contributed by atoms with van der Waals surface area (Å²) < 4.78 is 16.6. The molecule has 55 heavy (non-hydrogen) atoms. The van der Waals surface area contributed by atoms with Gasteiger partial charge in [0.2, 0.25) is 0 Å². The normalized spacial score (nSPS) is 12.9. The van der Waals surface area contributed by atoms with Gasteiger partial charge in [-0.25, -0.2) is 0 Å². The first-order chi connectivity index (χ1) is 27.0. The van der Waals surface area contributed by atoms with E-state index in [4.69, 9.17) is 14.2 Å². The fraction of sp³-hybridized carbons (Fsp3) is 0.653. The molecule has 0 amide bonds. The third kappa shape index (κ3) is 41.6. The Morgan fingerprint density at radius 1 is 0.382 bits per heavy atom. The summed E-state index contributed by atoms with van der Waals surface area (Å²) >= 11 is 0. The summed E-state index contributed by atoms with van der Waals surface area (Å²) in [4.78, 5) is 37.7. The summed E-state index contributed by atoms with van der Waals surface area (Å²) in [5, 5.41) is 0. The van der Waals surface area contributed by atoms with Gasteiger partial charge >= 0.3 is 17.9 Å². The smallest absolute Gasteiger partial charge is 0.306 e. The van der Waals surface area contributed by atoms with Gasteiger partial charge < -0.3 is 14.2 Å². The van der Waals surface area contributed by atoms with Gasteiger partial charge in [0, 0.05) is 19.3 Å². The Morgan fingerprint density at radius 2 is 0.709 bits per heavy atom. The number of allylic oxidation sites excluding steroid dienone is 14. The summed E-state index contributed by atoms with van der Waals surface area (Å²) in [6.07, 6.45) is 54.2. The lowest BCUT2D eigenvalue weighted by molar-refractivity contribution is -0.167. The van der Waals surface area contributed by atoms with E-state index in [1.165, 1.54) is 51.4 Å². The SMILES string of the molecule is CC\C=C/C=C\C=C/C=C\CCCCCC(=O)OCC(COC(=O)CCCCCCCCCCCCC)OC(=O)CCCCCCC\C=C/C=C\C=C/CC. The topological polar surface area (TPSA) is 78.9 Å². The fourth-order valence-electron chi connectivity index (χ4n) is 5.74. The molecule has 6 heteroatoms. The fourth-order valence-corrected chi connectivity index (χ4v) is 5.74. The quantitative estimate of drug-likeness (QED) is 0.0270. The van der Waals surface area contributed by atoms with E-state index in [1.54, 1.807) is 0 Å². The van der Waals surface area contributed by atoms with Gasteiger partial charge in [-0.2, -0.15) is 0 Å². The molecule has 0 aliphatic rings. The number of esters is 3. The summed E-state index contributed by atoms with van der Waals surface area (Å²) in [6, 6.07) is 0. The maximum Gasteiger partial charge on any atom is 0.306 e. The minimum Gasteiger partial charge on any atom is -0.462 e. The molecule has 0 bridgehead atoms. The molecule has 6 nitrogen and oxygen atoms in total. The molecule has 0 fully saturated rings. The van der Waals surface area contributed by atoms with E-state index in [-0.39, 0.29) is 31.1 Å². The van der Waals surface area contributed by atoms with Gasteiger partial charge in [0.15, 0.2) is 6.10 Å². The molecule has 0 aromatic heterocycles. The molecular formula is C49H80O6. The van der Waals surface area contributed by atoms with E-state index in [9.17, 15) is 14.4 Å². The summed E-state index contributed by atoms with van der Waals surface area (Å²) in [7, 11) is 0. The van der Waals surface area contributed by atoms with Crippen LogP contribution in [0.5, 0.6) is 0 Å². The molecule has 0 rings (SSSR count). The predicted octanol–water partition coefficient (Wildman–Crippen LogP) is 14.1. The van der Waals surface area contributed by atoms with Crippen molar-refractivity contribution in [2.75, 3.05) is 13.2 Å². The van der Waals surface area contributed by atoms with E-state index in [0.29, 0.717) is 19.3 Å². The zero-order chi connectivity index (χ0) is 40.1. The first kappa shape index (κ1) is 51.6. The monoisotopic (exact) mass is 765 g/mol. The van der Waals surface area contributed by atoms with Crippen molar-refractivity contribution in [3.8, 4) is 0 Å². The van der Waals surface area contributed by atoms with Gasteiger partial charge in [0.25, 0.3) is 0 Å². The highest BCUT2D eigenvalue weighted by atomic mass is 16.6. The van der Waals surface area contributed by atoms with Gasteiger partial charge in [0.05, 0.1) is 0 Å². The molecule has 0 heterocycles. The molecule has 0 aromatic carbocycles. The second-order valence-corrected chi connectivity index (χ2v) is 14.4. The molecule has 1 atom stereocenters. The minimum atomic E-state index is -0.799. The van der Waals surface area contributed by atoms with Crippen molar-refractivity contribution in [2.24, 2.45) is 0 Å². The molecule has 1 unspecified atom stereocenters. The van der Waals surface area contributed by atoms with Crippen molar-refractivity contribution in [1.82, 2.24) is 0 Å². The number of carbonyl (C=O) groups is 3. The average Bonchev–Trinajstić information content (AvgIpc) is 3.18. The number of hydrogen-bond donors (Lipinski definition) is 0. The second-order valence-electron chi connectivity index (χ2n) is 14.4. The molecule has 312 valence electrons. The molecular weight excluding hydrogens is 685 g/mol. The van der Waals surface area contributed by atoms with Crippen LogP contribution in [0, 0.1) is 0 Å². The van der Waals surface area contributed by atoms with E-state index in [2.05, 4.69) is 63.3 Å². The summed E-state index contributed by atoms with van der Waals surface area (Å²) in [5.41, 5.74) is 0. The molecule has 0 N–H and O–H groups in total. The lowest BCUT2D eigenvalue weighted by Gasteiger charge is -2.18. The van der Waals surface area contributed by atoms with Crippen LogP contribution in [0.3, 0.4) is 0 Å².